The first-order valence-corrected chi connectivity index (χ1v) is 14.4. The molecule has 0 N–H and O–H groups in total. The normalized spacial score (nSPS) is 11.4. The summed E-state index contributed by atoms with van der Waals surface area (Å²) in [7, 11) is -2.95. The van der Waals surface area contributed by atoms with Crippen molar-refractivity contribution in [3.63, 3.8) is 0 Å². The number of aryl methyl sites for hydroxylation is 2. The van der Waals surface area contributed by atoms with Gasteiger partial charge in [-0.2, -0.15) is 13.2 Å². The smallest absolute Gasteiger partial charge is 0.485 e. The molecule has 0 radical (unpaired) electrons. The summed E-state index contributed by atoms with van der Waals surface area (Å²) in [5.74, 6) is 3.45. The van der Waals surface area contributed by atoms with Gasteiger partial charge in [-0.05, 0) is 85.6 Å². The Kier molecular flexibility index (Phi) is 10.1. The van der Waals surface area contributed by atoms with Crippen LogP contribution in [0.2, 0.25) is 0 Å². The van der Waals surface area contributed by atoms with Crippen molar-refractivity contribution in [1.29, 1.82) is 0 Å². The molecule has 0 spiro atoms. The zero-order valence-electron chi connectivity index (χ0n) is 22.1. The van der Waals surface area contributed by atoms with Crippen LogP contribution in [0.4, 0.5) is 13.2 Å². The lowest BCUT2D eigenvalue weighted by atomic mass is 10.2. The average Bonchev–Trinajstić information content (AvgIpc) is 2.90. The molecule has 4 aromatic rings. The molecule has 0 amide bonds. The highest BCUT2D eigenvalue weighted by Crippen LogP contribution is 2.36. The first-order valence-electron chi connectivity index (χ1n) is 11.7. The van der Waals surface area contributed by atoms with Gasteiger partial charge in [0.2, 0.25) is 0 Å². The molecule has 6 nitrogen and oxygen atoms in total. The molecule has 0 saturated heterocycles. The predicted octanol–water partition coefficient (Wildman–Crippen LogP) is 7.26. The van der Waals surface area contributed by atoms with Gasteiger partial charge in [-0.1, -0.05) is 18.2 Å². The van der Waals surface area contributed by atoms with Gasteiger partial charge in [0.1, 0.15) is 23.0 Å². The molecule has 0 heterocycles. The topological polar surface area (TPSA) is 84.9 Å². The second-order valence-corrected chi connectivity index (χ2v) is 11.8. The van der Waals surface area contributed by atoms with E-state index < -0.39 is 15.6 Å². The Balaban J connectivity index is 0.000000482. The molecule has 0 atom stereocenters. The maximum Gasteiger partial charge on any atom is 0.485 e. The molecule has 0 fully saturated rings. The molecule has 0 aliphatic heterocycles. The quantitative estimate of drug-likeness (QED) is 0.128. The summed E-state index contributed by atoms with van der Waals surface area (Å²) in [6.45, 7) is 4.17. The second-order valence-electron chi connectivity index (χ2n) is 8.36. The zero-order chi connectivity index (χ0) is 29.5. The van der Waals surface area contributed by atoms with Crippen molar-refractivity contribution in [2.75, 3.05) is 14.2 Å². The largest absolute Gasteiger partial charge is 0.741 e. The third-order valence-electron chi connectivity index (χ3n) is 5.53. The van der Waals surface area contributed by atoms with Crippen molar-refractivity contribution in [2.45, 2.75) is 34.0 Å². The van der Waals surface area contributed by atoms with Gasteiger partial charge in [0, 0.05) is 12.1 Å². The van der Waals surface area contributed by atoms with Crippen molar-refractivity contribution in [3.05, 3.63) is 102 Å². The summed E-state index contributed by atoms with van der Waals surface area (Å²) in [4.78, 5) is 3.70. The van der Waals surface area contributed by atoms with Gasteiger partial charge in [-0.3, -0.25) is 0 Å². The third-order valence-corrected chi connectivity index (χ3v) is 8.29. The van der Waals surface area contributed by atoms with E-state index in [1.54, 1.807) is 14.2 Å². The Bertz CT molecular complexity index is 1470. The summed E-state index contributed by atoms with van der Waals surface area (Å²) in [6.07, 6.45) is 0. The lowest BCUT2D eigenvalue weighted by Crippen LogP contribution is -2.21. The van der Waals surface area contributed by atoms with Gasteiger partial charge in [-0.25, -0.2) is 8.42 Å². The molecular formula is C29H27F3O6S2. The first kappa shape index (κ1) is 30.9. The van der Waals surface area contributed by atoms with Crippen LogP contribution in [0, 0.1) is 13.8 Å². The Morgan fingerprint density at radius 1 is 0.675 bits per heavy atom. The average molecular weight is 593 g/mol. The van der Waals surface area contributed by atoms with Crippen molar-refractivity contribution in [3.8, 4) is 23.0 Å². The predicted molar refractivity (Wildman–Crippen MR) is 146 cm³/mol. The van der Waals surface area contributed by atoms with Crippen molar-refractivity contribution in [2.24, 2.45) is 0 Å². The van der Waals surface area contributed by atoms with Crippen LogP contribution in [0.15, 0.2) is 106 Å². The fourth-order valence-corrected chi connectivity index (χ4v) is 5.85. The molecule has 0 saturated carbocycles. The molecule has 4 rings (SSSR count). The van der Waals surface area contributed by atoms with Crippen LogP contribution in [0.5, 0.6) is 23.0 Å². The second kappa shape index (κ2) is 13.1. The maximum atomic E-state index is 10.7. The molecule has 4 aromatic carbocycles. The minimum absolute atomic E-state index is 0.277. The summed E-state index contributed by atoms with van der Waals surface area (Å²) in [5, 5.41) is 0. The molecule has 11 heteroatoms. The number of para-hydroxylation sites is 1. The van der Waals surface area contributed by atoms with Crippen LogP contribution in [-0.2, 0) is 21.0 Å². The van der Waals surface area contributed by atoms with Gasteiger partial charge >= 0.3 is 5.51 Å². The summed E-state index contributed by atoms with van der Waals surface area (Å²) >= 11 is 0. The standard InChI is InChI=1S/C28H27O3S.CHF3O3S/c1-20-18-25(14-16-27(20)29-3)32(26-15-17-28(30-4)21(2)19-26)24-12-10-23(11-13-24)31-22-8-6-5-7-9-22;2-1(3,4)8(5,6)7/h5-19H,1-4H3;(H,5,6,7)/q+1;/p-1. The minimum atomic E-state index is -6.09. The number of ether oxygens (including phenoxy) is 3. The lowest BCUT2D eigenvalue weighted by molar-refractivity contribution is -0.0517. The highest BCUT2D eigenvalue weighted by Gasteiger charge is 2.37. The van der Waals surface area contributed by atoms with Crippen LogP contribution in [0.1, 0.15) is 11.1 Å². The van der Waals surface area contributed by atoms with E-state index in [0.29, 0.717) is 0 Å². The van der Waals surface area contributed by atoms with E-state index in [1.807, 2.05) is 54.6 Å². The van der Waals surface area contributed by atoms with E-state index in [-0.39, 0.29) is 10.9 Å². The van der Waals surface area contributed by atoms with Gasteiger partial charge in [0.05, 0.1) is 25.1 Å². The highest BCUT2D eigenvalue weighted by atomic mass is 32.2. The minimum Gasteiger partial charge on any atom is -0.741 e. The number of methoxy groups -OCH3 is 2. The van der Waals surface area contributed by atoms with Crippen molar-refractivity contribution < 1.29 is 40.4 Å². The lowest BCUT2D eigenvalue weighted by Gasteiger charge is -2.13. The molecule has 0 bridgehead atoms. The maximum absolute atomic E-state index is 10.7. The summed E-state index contributed by atoms with van der Waals surface area (Å²) in [6, 6.07) is 31.1. The summed E-state index contributed by atoms with van der Waals surface area (Å²) in [5.41, 5.74) is -3.40. The van der Waals surface area contributed by atoms with Gasteiger partial charge in [-0.15, -0.1) is 0 Å². The third kappa shape index (κ3) is 7.93. The van der Waals surface area contributed by atoms with Crippen LogP contribution < -0.4 is 14.2 Å². The number of halogens is 3. The molecule has 40 heavy (non-hydrogen) atoms. The fourth-order valence-electron chi connectivity index (χ4n) is 3.63. The van der Waals surface area contributed by atoms with Gasteiger partial charge in [0.15, 0.2) is 24.8 Å². The number of hydrogen-bond acceptors (Lipinski definition) is 6. The number of alkyl halides is 3. The number of hydrogen-bond donors (Lipinski definition) is 0. The van der Waals surface area contributed by atoms with Crippen LogP contribution in [0.25, 0.3) is 0 Å². The number of rotatable bonds is 7. The van der Waals surface area contributed by atoms with Crippen LogP contribution in [-0.4, -0.2) is 32.7 Å². The zero-order valence-corrected chi connectivity index (χ0v) is 23.7. The molecule has 212 valence electrons. The molecular weight excluding hydrogens is 565 g/mol. The summed E-state index contributed by atoms with van der Waals surface area (Å²) < 4.78 is 75.9. The van der Waals surface area contributed by atoms with E-state index in [9.17, 15) is 13.2 Å². The number of benzene rings is 4. The Morgan fingerprint density at radius 3 is 1.45 bits per heavy atom. The van der Waals surface area contributed by atoms with Crippen molar-refractivity contribution in [1.82, 2.24) is 0 Å². The van der Waals surface area contributed by atoms with E-state index in [2.05, 4.69) is 50.2 Å². The Hall–Kier alpha value is -3.67. The van der Waals surface area contributed by atoms with Crippen LogP contribution >= 0.6 is 0 Å². The Morgan fingerprint density at radius 2 is 1.07 bits per heavy atom. The SMILES string of the molecule is COc1ccc([S+](c2ccc(Oc3ccccc3)cc2)c2ccc(OC)c(C)c2)cc1C.O=S(=O)([O-])C(F)(F)F. The Labute approximate surface area is 234 Å². The van der Waals surface area contributed by atoms with E-state index in [0.717, 1.165) is 34.1 Å². The van der Waals surface area contributed by atoms with Gasteiger partial charge < -0.3 is 18.8 Å². The molecule has 0 aromatic heterocycles. The molecule has 0 unspecified atom stereocenters. The molecule has 0 aliphatic carbocycles. The highest BCUT2D eigenvalue weighted by molar-refractivity contribution is 7.97. The fraction of sp³-hybridized carbons (Fsp3) is 0.172. The van der Waals surface area contributed by atoms with E-state index in [1.165, 1.54) is 14.7 Å². The van der Waals surface area contributed by atoms with Gasteiger partial charge in [0.25, 0.3) is 0 Å². The molecule has 0 aliphatic rings. The first-order chi connectivity index (χ1) is 18.8. The van der Waals surface area contributed by atoms with E-state index >= 15 is 0 Å². The monoisotopic (exact) mass is 592 g/mol. The van der Waals surface area contributed by atoms with E-state index in [4.69, 9.17) is 27.2 Å². The van der Waals surface area contributed by atoms with Crippen molar-refractivity contribution >= 4 is 21.0 Å². The van der Waals surface area contributed by atoms with Crippen LogP contribution in [0.3, 0.4) is 0 Å².